The summed E-state index contributed by atoms with van der Waals surface area (Å²) in [7, 11) is -16.2. The average molecular weight is 450 g/mol. The van der Waals surface area contributed by atoms with Gasteiger partial charge in [-0.05, 0) is 6.92 Å². The van der Waals surface area contributed by atoms with Crippen LogP contribution in [0.4, 0.5) is 26.3 Å². The molecule has 0 rings (SSSR count). The Morgan fingerprint density at radius 1 is 0.760 bits per heavy atom. The second-order valence-corrected chi connectivity index (χ2v) is 8.24. The monoisotopic (exact) mass is 450 g/mol. The van der Waals surface area contributed by atoms with Crippen molar-refractivity contribution in [2.45, 2.75) is 19.6 Å². The lowest BCUT2D eigenvalue weighted by Crippen LogP contribution is -2.24. The summed E-state index contributed by atoms with van der Waals surface area (Å²) >= 11 is 0. The molecule has 0 aliphatic heterocycles. The van der Waals surface area contributed by atoms with Crippen LogP contribution in [0, 0.1) is 0 Å². The van der Waals surface area contributed by atoms with Crippen molar-refractivity contribution in [3.63, 3.8) is 0 Å². The predicted molar refractivity (Wildman–Crippen MR) is 63.3 cm³/mol. The van der Waals surface area contributed by atoms with Crippen LogP contribution in [0.2, 0.25) is 0 Å². The molecule has 10 nitrogen and oxygen atoms in total. The van der Waals surface area contributed by atoms with Crippen LogP contribution in [-0.2, 0) is 46.7 Å². The van der Waals surface area contributed by atoms with Gasteiger partial charge in [-0.2, -0.15) is 25.2 Å². The van der Waals surface area contributed by atoms with Crippen LogP contribution in [-0.4, -0.2) is 48.0 Å². The van der Waals surface area contributed by atoms with Gasteiger partial charge >= 0.3 is 20.5 Å². The fourth-order valence-corrected chi connectivity index (χ4v) is 4.14. The Kier molecular flexibility index (Phi) is 8.30. The van der Waals surface area contributed by atoms with Crippen molar-refractivity contribution >= 4 is 28.1 Å². The van der Waals surface area contributed by atoms with Crippen LogP contribution in [0.25, 0.3) is 0 Å². The van der Waals surface area contributed by atoms with Gasteiger partial charge in [-0.1, -0.05) is 0 Å². The Bertz CT molecular complexity index is 628. The summed E-state index contributed by atoms with van der Waals surface area (Å²) < 4.78 is 143. The highest BCUT2D eigenvalue weighted by Crippen LogP contribution is 2.50. The van der Waals surface area contributed by atoms with E-state index in [1.54, 1.807) is 0 Å². The third-order valence-electron chi connectivity index (χ3n) is 1.44. The number of rotatable bonds is 10. The van der Waals surface area contributed by atoms with Gasteiger partial charge in [0.2, 0.25) is 0 Å². The highest BCUT2D eigenvalue weighted by molar-refractivity contribution is 7.87. The third-order valence-corrected chi connectivity index (χ3v) is 4.95. The summed E-state index contributed by atoms with van der Waals surface area (Å²) in [5.41, 5.74) is 0. The molecule has 0 aliphatic carbocycles. The summed E-state index contributed by atoms with van der Waals surface area (Å²) in [4.78, 5) is 0. The lowest BCUT2D eigenvalue weighted by molar-refractivity contribution is -0.273. The van der Waals surface area contributed by atoms with Crippen molar-refractivity contribution in [2.24, 2.45) is 0 Å². The SMILES string of the molecule is CCOP(=O)(OCS(=O)(=O)OC(F)(F)F)OCS(=O)(=O)OC(F)(F)F. The normalized spacial score (nSPS) is 14.7. The second kappa shape index (κ2) is 8.47. The summed E-state index contributed by atoms with van der Waals surface area (Å²) in [6.45, 7) is 0.471. The molecular formula is C6H9F6O10PS2. The molecule has 0 bridgehead atoms. The van der Waals surface area contributed by atoms with Crippen LogP contribution in [0.1, 0.15) is 6.92 Å². The number of phosphoric acid groups is 1. The number of alkyl halides is 6. The Hall–Kier alpha value is -0.490. The quantitative estimate of drug-likeness (QED) is 0.276. The molecule has 0 aromatic heterocycles. The zero-order valence-corrected chi connectivity index (χ0v) is 14.3. The van der Waals surface area contributed by atoms with Gasteiger partial charge in [-0.15, -0.1) is 26.3 Å². The summed E-state index contributed by atoms with van der Waals surface area (Å²) in [5.74, 6) is -4.16. The first kappa shape index (κ1) is 24.5. The largest absolute Gasteiger partial charge is 0.537 e. The summed E-state index contributed by atoms with van der Waals surface area (Å²) in [5, 5.41) is 0. The lowest BCUT2D eigenvalue weighted by Gasteiger charge is -2.17. The van der Waals surface area contributed by atoms with E-state index in [0.29, 0.717) is 0 Å². The molecule has 25 heavy (non-hydrogen) atoms. The third kappa shape index (κ3) is 12.5. The van der Waals surface area contributed by atoms with Crippen LogP contribution in [0.5, 0.6) is 0 Å². The van der Waals surface area contributed by atoms with Crippen LogP contribution >= 0.6 is 7.82 Å². The molecular weight excluding hydrogens is 441 g/mol. The van der Waals surface area contributed by atoms with Gasteiger partial charge in [0.25, 0.3) is 20.2 Å². The van der Waals surface area contributed by atoms with E-state index in [0.717, 1.165) is 6.92 Å². The minimum atomic E-state index is -5.65. The molecule has 0 spiro atoms. The Morgan fingerprint density at radius 3 is 1.32 bits per heavy atom. The molecule has 0 aromatic rings. The van der Waals surface area contributed by atoms with E-state index < -0.39 is 59.3 Å². The average Bonchev–Trinajstić information content (AvgIpc) is 2.29. The minimum Gasteiger partial charge on any atom is -0.287 e. The molecule has 0 atom stereocenters. The fraction of sp³-hybridized carbons (Fsp3) is 1.00. The maximum Gasteiger partial charge on any atom is 0.537 e. The van der Waals surface area contributed by atoms with Crippen molar-refractivity contribution in [2.75, 3.05) is 18.5 Å². The molecule has 0 saturated carbocycles. The molecule has 0 aliphatic rings. The van der Waals surface area contributed by atoms with E-state index in [1.807, 2.05) is 0 Å². The molecule has 0 amide bonds. The van der Waals surface area contributed by atoms with Crippen molar-refractivity contribution in [1.82, 2.24) is 0 Å². The van der Waals surface area contributed by atoms with Crippen LogP contribution < -0.4 is 0 Å². The lowest BCUT2D eigenvalue weighted by atomic mass is 10.9. The van der Waals surface area contributed by atoms with Gasteiger partial charge < -0.3 is 0 Å². The van der Waals surface area contributed by atoms with Crippen molar-refractivity contribution in [3.8, 4) is 0 Å². The topological polar surface area (TPSA) is 132 Å². The van der Waals surface area contributed by atoms with Gasteiger partial charge in [-0.3, -0.25) is 13.6 Å². The van der Waals surface area contributed by atoms with E-state index in [-0.39, 0.29) is 0 Å². The first-order valence-electron chi connectivity index (χ1n) is 5.42. The Balaban J connectivity index is 5.00. The predicted octanol–water partition coefficient (Wildman–Crippen LogP) is 1.81. The molecule has 19 heteroatoms. The van der Waals surface area contributed by atoms with E-state index in [2.05, 4.69) is 21.9 Å². The Labute approximate surface area is 136 Å². The summed E-state index contributed by atoms with van der Waals surface area (Å²) in [6, 6.07) is 0. The number of halogens is 6. The van der Waals surface area contributed by atoms with Gasteiger partial charge in [0.05, 0.1) is 6.61 Å². The summed E-state index contributed by atoms with van der Waals surface area (Å²) in [6.07, 6.45) is -11.3. The molecule has 0 unspecified atom stereocenters. The number of hydrogen-bond donors (Lipinski definition) is 0. The highest BCUT2D eigenvalue weighted by Gasteiger charge is 2.41. The molecule has 0 aromatic carbocycles. The van der Waals surface area contributed by atoms with Crippen molar-refractivity contribution in [1.29, 1.82) is 0 Å². The first-order chi connectivity index (χ1) is 10.9. The standard InChI is InChI=1S/C6H9F6O10PS2/c1-2-18-23(13,19-3-24(14,15)21-5(7,8)9)20-4-25(16,17)22-6(10,11)12/h2-4H2,1H3. The highest BCUT2D eigenvalue weighted by atomic mass is 32.2. The van der Waals surface area contributed by atoms with Crippen molar-refractivity contribution in [3.05, 3.63) is 0 Å². The maximum absolute atomic E-state index is 11.8. The smallest absolute Gasteiger partial charge is 0.287 e. The van der Waals surface area contributed by atoms with Crippen LogP contribution in [0.3, 0.4) is 0 Å². The van der Waals surface area contributed by atoms with Crippen LogP contribution in [0.15, 0.2) is 0 Å². The molecule has 0 N–H and O–H groups in total. The zero-order chi connectivity index (χ0) is 20.2. The molecule has 152 valence electrons. The molecule has 0 fully saturated rings. The van der Waals surface area contributed by atoms with Gasteiger partial charge in [-0.25, -0.2) is 4.57 Å². The van der Waals surface area contributed by atoms with E-state index >= 15 is 0 Å². The number of phosphoric ester groups is 1. The number of hydrogen-bond acceptors (Lipinski definition) is 10. The van der Waals surface area contributed by atoms with E-state index in [4.69, 9.17) is 0 Å². The van der Waals surface area contributed by atoms with E-state index in [9.17, 15) is 47.7 Å². The second-order valence-electron chi connectivity index (χ2n) is 3.53. The fourth-order valence-electron chi connectivity index (χ4n) is 0.864. The first-order valence-corrected chi connectivity index (χ1v) is 10.0. The Morgan fingerprint density at radius 2 is 1.08 bits per heavy atom. The molecule has 0 saturated heterocycles. The van der Waals surface area contributed by atoms with E-state index in [1.165, 1.54) is 0 Å². The maximum atomic E-state index is 11.8. The molecule has 0 radical (unpaired) electrons. The molecule has 0 heterocycles. The van der Waals surface area contributed by atoms with Gasteiger partial charge in [0.15, 0.2) is 11.9 Å². The zero-order valence-electron chi connectivity index (χ0n) is 11.7. The minimum absolute atomic E-state index is 0.613. The van der Waals surface area contributed by atoms with Crippen molar-refractivity contribution < 1.29 is 69.7 Å². The van der Waals surface area contributed by atoms with Gasteiger partial charge in [0, 0.05) is 0 Å². The van der Waals surface area contributed by atoms with Gasteiger partial charge in [0.1, 0.15) is 0 Å².